The molecular weight excluding hydrogens is 1020 g/mol. The maximum absolute atomic E-state index is 8.92. The second-order valence-corrected chi connectivity index (χ2v) is 29.3. The van der Waals surface area contributed by atoms with Crippen molar-refractivity contribution in [3.63, 3.8) is 0 Å². The van der Waals surface area contributed by atoms with Crippen LogP contribution >= 0.6 is 0 Å². The van der Waals surface area contributed by atoms with Crippen molar-refractivity contribution in [2.45, 2.75) is 184 Å². The molecule has 4 heterocycles. The van der Waals surface area contributed by atoms with Crippen molar-refractivity contribution >= 4 is 0 Å². The molecule has 4 heteroatoms. The number of pyridine rings is 4. The van der Waals surface area contributed by atoms with Crippen LogP contribution < -0.4 is 18.3 Å². The first-order valence-electron chi connectivity index (χ1n) is 33.4. The highest BCUT2D eigenvalue weighted by atomic mass is 14.9. The molecule has 0 aliphatic carbocycles. The van der Waals surface area contributed by atoms with Crippen molar-refractivity contribution in [1.82, 2.24) is 0 Å². The van der Waals surface area contributed by atoms with Crippen molar-refractivity contribution in [2.75, 3.05) is 0 Å². The van der Waals surface area contributed by atoms with Crippen LogP contribution in [0.5, 0.6) is 0 Å². The lowest BCUT2D eigenvalue weighted by atomic mass is 9.81. The number of benzene rings is 4. The molecule has 0 fully saturated rings. The molecule has 0 radical (unpaired) electrons. The molecule has 0 amide bonds. The van der Waals surface area contributed by atoms with Crippen LogP contribution in [0.25, 0.3) is 45.0 Å². The fourth-order valence-electron chi connectivity index (χ4n) is 10.7. The molecule has 8 aromatic rings. The van der Waals surface area contributed by atoms with Crippen LogP contribution in [0.1, 0.15) is 179 Å². The summed E-state index contributed by atoms with van der Waals surface area (Å²) < 4.78 is 61.0. The molecule has 0 saturated heterocycles. The van der Waals surface area contributed by atoms with E-state index in [0.717, 1.165) is 46.5 Å². The smallest absolute Gasteiger partial charge is 0.201 e. The molecule has 0 aliphatic heterocycles. The van der Waals surface area contributed by atoms with Gasteiger partial charge in [-0.15, -0.1) is 0 Å². The maximum atomic E-state index is 8.92. The van der Waals surface area contributed by atoms with Gasteiger partial charge in [-0.1, -0.05) is 176 Å². The average Bonchev–Trinajstić information content (AvgIpc) is 0.764. The summed E-state index contributed by atoms with van der Waals surface area (Å²) in [5.74, 6) is 0. The van der Waals surface area contributed by atoms with Crippen LogP contribution in [0.4, 0.5) is 0 Å². The largest absolute Gasteiger partial charge is 0.212 e. The topological polar surface area (TPSA) is 15.5 Å². The molecule has 84 heavy (non-hydrogen) atoms. The highest BCUT2D eigenvalue weighted by molar-refractivity contribution is 5.64. The van der Waals surface area contributed by atoms with Crippen molar-refractivity contribution in [3.05, 3.63) is 213 Å². The van der Waals surface area contributed by atoms with Gasteiger partial charge in [-0.05, 0) is 177 Å². The predicted octanol–water partition coefficient (Wildman–Crippen LogP) is 18.8. The van der Waals surface area contributed by atoms with Crippen molar-refractivity contribution < 1.29 is 26.5 Å². The third kappa shape index (κ3) is 20.9. The Morgan fingerprint density at radius 1 is 0.298 bits per heavy atom. The molecule has 0 spiro atoms. The normalized spacial score (nSPS) is 13.5. The minimum Gasteiger partial charge on any atom is -0.201 e. The van der Waals surface area contributed by atoms with Crippen LogP contribution in [0.15, 0.2) is 146 Å². The first kappa shape index (κ1) is 59.2. The number of rotatable bonds is 9. The summed E-state index contributed by atoms with van der Waals surface area (Å²) in [7, 11) is 8.18. The van der Waals surface area contributed by atoms with Crippen molar-refractivity contribution in [3.8, 4) is 45.0 Å². The maximum Gasteiger partial charge on any atom is 0.212 e. The Bertz CT molecular complexity index is 3800. The molecule has 0 saturated carbocycles. The van der Waals surface area contributed by atoms with Gasteiger partial charge in [0.1, 0.15) is 28.2 Å². The predicted molar refractivity (Wildman–Crippen MR) is 361 cm³/mol. The summed E-state index contributed by atoms with van der Waals surface area (Å²) >= 11 is 0. The lowest BCUT2D eigenvalue weighted by Crippen LogP contribution is -2.33. The quantitative estimate of drug-likeness (QED) is 0.128. The van der Waals surface area contributed by atoms with Gasteiger partial charge in [-0.25, -0.2) is 18.3 Å². The van der Waals surface area contributed by atoms with Crippen LogP contribution in [0.3, 0.4) is 0 Å². The van der Waals surface area contributed by atoms with Gasteiger partial charge in [-0.2, -0.15) is 0 Å². The summed E-state index contributed by atoms with van der Waals surface area (Å²) in [5, 5.41) is 0. The van der Waals surface area contributed by atoms with E-state index in [9.17, 15) is 0 Å². The molecule has 4 nitrogen and oxygen atoms in total. The Labute approximate surface area is 521 Å². The Hall–Kier alpha value is -6.52. The number of nitrogens with zero attached hydrogens (tertiary/aromatic N) is 4. The molecule has 8 rings (SSSR count). The third-order valence-electron chi connectivity index (χ3n) is 14.4. The van der Waals surface area contributed by atoms with Gasteiger partial charge in [0.25, 0.3) is 0 Å². The van der Waals surface area contributed by atoms with Gasteiger partial charge in [0.05, 0.1) is 0 Å². The Morgan fingerprint density at radius 3 is 1.06 bits per heavy atom. The van der Waals surface area contributed by atoms with E-state index in [2.05, 4.69) is 191 Å². The Balaban J connectivity index is 0.000000220. The molecule has 0 bridgehead atoms. The highest BCUT2D eigenvalue weighted by Gasteiger charge is 2.26. The minimum atomic E-state index is -1.70. The van der Waals surface area contributed by atoms with E-state index in [0.29, 0.717) is 22.0 Å². The molecule has 4 aromatic heterocycles. The van der Waals surface area contributed by atoms with Gasteiger partial charge in [0.2, 0.25) is 22.8 Å². The zero-order valence-corrected chi connectivity index (χ0v) is 57.1. The fourth-order valence-corrected chi connectivity index (χ4v) is 10.7. The summed E-state index contributed by atoms with van der Waals surface area (Å²) in [6.45, 7) is 45.6. The van der Waals surface area contributed by atoms with Crippen LogP contribution in [0.2, 0.25) is 0 Å². The van der Waals surface area contributed by atoms with E-state index in [4.69, 9.17) is 8.22 Å². The third-order valence-corrected chi connectivity index (χ3v) is 14.4. The Kier molecular flexibility index (Phi) is 19.8. The Morgan fingerprint density at radius 2 is 0.655 bits per heavy atom. The van der Waals surface area contributed by atoms with E-state index in [1.807, 2.05) is 148 Å². The van der Waals surface area contributed by atoms with Crippen molar-refractivity contribution in [1.29, 1.82) is 0 Å². The molecule has 0 N–H and O–H groups in total. The molecule has 0 aliphatic rings. The molecule has 4 aromatic carbocycles. The fraction of sp³-hybridized carbons (Fsp3) is 0.450. The van der Waals surface area contributed by atoms with E-state index >= 15 is 0 Å². The molecular formula is C80H112N4+4. The number of aryl methyl sites for hydroxylation is 11. The van der Waals surface area contributed by atoms with Gasteiger partial charge < -0.3 is 0 Å². The average molecular weight is 1140 g/mol. The van der Waals surface area contributed by atoms with Crippen LogP contribution in [0, 0.1) is 75.5 Å². The number of hydrogen-bond donors (Lipinski definition) is 0. The van der Waals surface area contributed by atoms with Gasteiger partial charge in [0.15, 0.2) is 24.8 Å². The standard InChI is InChI=1S/C23H34N.3C19H26N/c1-17-11-9-10-12-20(17)21-13-18(14-22(2,3)4)19(16-24(21)8)15-23(5,6)7;1-14-7-9-17(15(2)11-14)18-10-8-16(13-20(18)6)12-19(3,4)5;2*1-14-9-7-8-10-17(14)18-11-15(2)16(13-20(18)6)12-19(3,4)5/h9-13,16H,14-15H2,1-8H3;3*7-11,13H,12H2,1-6H3/q4*+1/i14D2,15D2;;12D2;. The van der Waals surface area contributed by atoms with Crippen LogP contribution in [-0.2, 0) is 60.2 Å². The summed E-state index contributed by atoms with van der Waals surface area (Å²) in [6, 6.07) is 42.4. The van der Waals surface area contributed by atoms with Gasteiger partial charge in [0, 0.05) is 77.0 Å². The monoisotopic (exact) mass is 1130 g/mol. The van der Waals surface area contributed by atoms with E-state index in [1.165, 1.54) is 67.0 Å². The lowest BCUT2D eigenvalue weighted by Gasteiger charge is -2.24. The molecule has 0 unspecified atom stereocenters. The second-order valence-electron chi connectivity index (χ2n) is 29.3. The van der Waals surface area contributed by atoms with Crippen molar-refractivity contribution in [2.24, 2.45) is 55.3 Å². The number of hydrogen-bond acceptors (Lipinski definition) is 0. The first-order valence-corrected chi connectivity index (χ1v) is 30.4. The molecule has 0 atom stereocenters. The number of aromatic nitrogens is 4. The van der Waals surface area contributed by atoms with E-state index in [-0.39, 0.29) is 0 Å². The summed E-state index contributed by atoms with van der Waals surface area (Å²) in [6.07, 6.45) is 5.74. The molecule has 448 valence electrons. The zero-order chi connectivity index (χ0) is 68.2. The first-order chi connectivity index (χ1) is 41.1. The van der Waals surface area contributed by atoms with Gasteiger partial charge >= 0.3 is 0 Å². The minimum absolute atomic E-state index is 0.321. The van der Waals surface area contributed by atoms with E-state index < -0.39 is 35.4 Å². The SMILES string of the molecule is Cc1cc(-c2ccccc2C)[n+](C)cc1CC(C)(C)C.Cc1ccc(-c2ccc(CC(C)(C)C)c[n+]2C)c(C)c1.[2H]C([2H])(c1c[n+](C)c(-c2ccccc2C)cc1C)C(C)(C)C.[2H]C([2H])(c1cc(-c2ccccc2C)[n+](C)cc1C([2H])([2H])C(C)(C)C)C(C)(C)C. The lowest BCUT2D eigenvalue weighted by molar-refractivity contribution is -0.661. The van der Waals surface area contributed by atoms with E-state index in [1.54, 1.807) is 6.20 Å². The zero-order valence-electron chi connectivity index (χ0n) is 63.1. The highest BCUT2D eigenvalue weighted by Crippen LogP contribution is 2.32. The summed E-state index contributed by atoms with van der Waals surface area (Å²) in [4.78, 5) is 0. The van der Waals surface area contributed by atoms with Crippen LogP contribution in [-0.4, -0.2) is 0 Å². The van der Waals surface area contributed by atoms with Gasteiger partial charge in [-0.3, -0.25) is 0 Å². The second kappa shape index (κ2) is 28.1. The summed E-state index contributed by atoms with van der Waals surface area (Å²) in [5.41, 5.74) is 21.4.